The quantitative estimate of drug-likeness (QED) is 0.788. The van der Waals surface area contributed by atoms with E-state index in [-0.39, 0.29) is 5.91 Å². The van der Waals surface area contributed by atoms with Gasteiger partial charge < -0.3 is 9.64 Å². The van der Waals surface area contributed by atoms with E-state index in [4.69, 9.17) is 4.74 Å². The van der Waals surface area contributed by atoms with Crippen molar-refractivity contribution in [2.45, 2.75) is 65.5 Å². The van der Waals surface area contributed by atoms with Crippen LogP contribution in [0.5, 0.6) is 5.75 Å². The molecule has 0 saturated heterocycles. The minimum absolute atomic E-state index is 0.0814. The highest BCUT2D eigenvalue weighted by Gasteiger charge is 2.28. The Balaban J connectivity index is 1.94. The fourth-order valence-electron chi connectivity index (χ4n) is 4.14. The van der Waals surface area contributed by atoms with E-state index in [0.29, 0.717) is 18.3 Å². The van der Waals surface area contributed by atoms with Crippen molar-refractivity contribution in [2.24, 2.45) is 7.05 Å². The largest absolute Gasteiger partial charge is 0.496 e. The van der Waals surface area contributed by atoms with Crippen LogP contribution in [-0.2, 0) is 13.6 Å². The van der Waals surface area contributed by atoms with Gasteiger partial charge in [0.05, 0.1) is 12.8 Å². The Bertz CT molecular complexity index is 819. The van der Waals surface area contributed by atoms with Gasteiger partial charge in [-0.1, -0.05) is 25.3 Å². The van der Waals surface area contributed by atoms with E-state index in [0.717, 1.165) is 35.4 Å². The first kappa shape index (κ1) is 19.5. The number of methoxy groups -OCH3 is 1. The average Bonchev–Trinajstić information content (AvgIpc) is 3.00. The number of aromatic nitrogens is 2. The Hall–Kier alpha value is -2.30. The molecule has 27 heavy (non-hydrogen) atoms. The second-order valence-corrected chi connectivity index (χ2v) is 7.77. The number of carbonyl (C=O) groups is 1. The Kier molecular flexibility index (Phi) is 5.88. The Morgan fingerprint density at radius 3 is 2.44 bits per heavy atom. The average molecular weight is 370 g/mol. The summed E-state index contributed by atoms with van der Waals surface area (Å²) in [6.07, 6.45) is 5.82. The van der Waals surface area contributed by atoms with Crippen LogP contribution in [0.15, 0.2) is 18.2 Å². The van der Waals surface area contributed by atoms with Crippen LogP contribution in [0.4, 0.5) is 0 Å². The zero-order chi connectivity index (χ0) is 19.6. The zero-order valence-corrected chi connectivity index (χ0v) is 17.2. The van der Waals surface area contributed by atoms with Crippen molar-refractivity contribution in [2.75, 3.05) is 7.11 Å². The third-order valence-electron chi connectivity index (χ3n) is 5.69. The first-order chi connectivity index (χ1) is 12.9. The molecule has 1 amide bonds. The van der Waals surface area contributed by atoms with Gasteiger partial charge in [0.1, 0.15) is 11.4 Å². The van der Waals surface area contributed by atoms with E-state index in [1.54, 1.807) is 11.8 Å². The van der Waals surface area contributed by atoms with E-state index in [2.05, 4.69) is 36.0 Å². The summed E-state index contributed by atoms with van der Waals surface area (Å²) in [5, 5.41) is 4.37. The number of nitrogens with zero attached hydrogens (tertiary/aromatic N) is 3. The molecule has 0 unspecified atom stereocenters. The van der Waals surface area contributed by atoms with Gasteiger partial charge in [-0.3, -0.25) is 9.48 Å². The number of hydrogen-bond acceptors (Lipinski definition) is 3. The second kappa shape index (κ2) is 8.15. The van der Waals surface area contributed by atoms with Gasteiger partial charge in [-0.2, -0.15) is 5.10 Å². The van der Waals surface area contributed by atoms with Gasteiger partial charge >= 0.3 is 0 Å². The molecule has 0 atom stereocenters. The van der Waals surface area contributed by atoms with Crippen molar-refractivity contribution in [3.8, 4) is 5.75 Å². The highest BCUT2D eigenvalue weighted by atomic mass is 16.5. The molecule has 0 spiro atoms. The number of benzene rings is 1. The molecule has 1 saturated carbocycles. The monoisotopic (exact) mass is 369 g/mol. The minimum Gasteiger partial charge on any atom is -0.496 e. The summed E-state index contributed by atoms with van der Waals surface area (Å²) in [7, 11) is 3.55. The van der Waals surface area contributed by atoms with Gasteiger partial charge in [-0.05, 0) is 62.4 Å². The maximum atomic E-state index is 13.4. The number of aryl methyl sites for hydroxylation is 4. The highest BCUT2D eigenvalue weighted by Crippen LogP contribution is 2.29. The molecule has 3 rings (SSSR count). The first-order valence-electron chi connectivity index (χ1n) is 9.86. The molecule has 0 radical (unpaired) electrons. The molecule has 1 aliphatic rings. The van der Waals surface area contributed by atoms with Crippen LogP contribution in [0.3, 0.4) is 0 Å². The number of rotatable bonds is 5. The summed E-state index contributed by atoms with van der Waals surface area (Å²) in [6.45, 7) is 6.71. The smallest absolute Gasteiger partial charge is 0.272 e. The van der Waals surface area contributed by atoms with Crippen molar-refractivity contribution in [1.82, 2.24) is 14.7 Å². The minimum atomic E-state index is 0.0814. The van der Waals surface area contributed by atoms with E-state index < -0.39 is 0 Å². The number of ether oxygens (including phenoxy) is 1. The molecule has 1 aromatic heterocycles. The molecule has 5 nitrogen and oxygen atoms in total. The van der Waals surface area contributed by atoms with Crippen molar-refractivity contribution in [3.63, 3.8) is 0 Å². The van der Waals surface area contributed by atoms with Crippen LogP contribution < -0.4 is 4.74 Å². The molecule has 0 N–H and O–H groups in total. The Morgan fingerprint density at radius 2 is 1.85 bits per heavy atom. The number of hydrogen-bond donors (Lipinski definition) is 0. The molecule has 1 heterocycles. The molecular formula is C22H31N3O2. The van der Waals surface area contributed by atoms with Gasteiger partial charge in [0, 0.05) is 19.6 Å². The zero-order valence-electron chi connectivity index (χ0n) is 17.2. The predicted molar refractivity (Wildman–Crippen MR) is 107 cm³/mol. The summed E-state index contributed by atoms with van der Waals surface area (Å²) in [5.41, 5.74) is 4.99. The maximum absolute atomic E-state index is 13.4. The van der Waals surface area contributed by atoms with Gasteiger partial charge in [-0.15, -0.1) is 0 Å². The first-order valence-corrected chi connectivity index (χ1v) is 9.86. The highest BCUT2D eigenvalue weighted by molar-refractivity contribution is 5.93. The van der Waals surface area contributed by atoms with Crippen molar-refractivity contribution in [3.05, 3.63) is 46.3 Å². The third kappa shape index (κ3) is 4.18. The lowest BCUT2D eigenvalue weighted by Gasteiger charge is -2.35. The summed E-state index contributed by atoms with van der Waals surface area (Å²) in [5.74, 6) is 0.979. The van der Waals surface area contributed by atoms with Crippen molar-refractivity contribution < 1.29 is 9.53 Å². The molecule has 5 heteroatoms. The molecular weight excluding hydrogens is 338 g/mol. The van der Waals surface area contributed by atoms with Crippen LogP contribution in [0.2, 0.25) is 0 Å². The predicted octanol–water partition coefficient (Wildman–Crippen LogP) is 4.33. The normalized spacial score (nSPS) is 15.0. The fraction of sp³-hybridized carbons (Fsp3) is 0.545. The van der Waals surface area contributed by atoms with Crippen molar-refractivity contribution in [1.29, 1.82) is 0 Å². The molecule has 1 aromatic carbocycles. The number of carbonyl (C=O) groups excluding carboxylic acids is 1. The second-order valence-electron chi connectivity index (χ2n) is 7.77. The summed E-state index contributed by atoms with van der Waals surface area (Å²) >= 11 is 0. The lowest BCUT2D eigenvalue weighted by Crippen LogP contribution is -2.41. The van der Waals surface area contributed by atoms with Crippen LogP contribution in [0.1, 0.15) is 65.0 Å². The van der Waals surface area contributed by atoms with E-state index in [9.17, 15) is 4.79 Å². The topological polar surface area (TPSA) is 47.4 Å². The Morgan fingerprint density at radius 1 is 1.15 bits per heavy atom. The van der Waals surface area contributed by atoms with Gasteiger partial charge in [0.15, 0.2) is 0 Å². The summed E-state index contributed by atoms with van der Waals surface area (Å²) in [6, 6.07) is 6.42. The Labute approximate surface area is 162 Å². The van der Waals surface area contributed by atoms with Gasteiger partial charge in [0.2, 0.25) is 0 Å². The SMILES string of the molecule is COc1cc(C)c(CN(C(=O)c2cc(C)nn2C)C2CCCCC2)cc1C. The molecule has 2 aromatic rings. The summed E-state index contributed by atoms with van der Waals surface area (Å²) < 4.78 is 7.15. The molecule has 1 fully saturated rings. The van der Waals surface area contributed by atoms with Crippen LogP contribution in [0, 0.1) is 20.8 Å². The molecule has 0 bridgehead atoms. The molecule has 0 aliphatic heterocycles. The lowest BCUT2D eigenvalue weighted by molar-refractivity contribution is 0.0602. The maximum Gasteiger partial charge on any atom is 0.272 e. The van der Waals surface area contributed by atoms with Gasteiger partial charge in [0.25, 0.3) is 5.91 Å². The molecule has 1 aliphatic carbocycles. The standard InChI is InChI=1S/C22H31N3O2/c1-15-12-21(27-5)16(2)11-18(15)14-25(19-9-7-6-8-10-19)22(26)20-13-17(3)23-24(20)4/h11-13,19H,6-10,14H2,1-5H3. The fourth-order valence-corrected chi connectivity index (χ4v) is 4.14. The van der Waals surface area contributed by atoms with E-state index in [1.807, 2.05) is 20.0 Å². The molecule has 146 valence electrons. The third-order valence-corrected chi connectivity index (χ3v) is 5.69. The van der Waals surface area contributed by atoms with Crippen molar-refractivity contribution >= 4 is 5.91 Å². The van der Waals surface area contributed by atoms with Crippen LogP contribution in [0.25, 0.3) is 0 Å². The van der Waals surface area contributed by atoms with Gasteiger partial charge in [-0.25, -0.2) is 0 Å². The van der Waals surface area contributed by atoms with Crippen LogP contribution >= 0.6 is 0 Å². The van der Waals surface area contributed by atoms with Crippen LogP contribution in [-0.4, -0.2) is 33.7 Å². The lowest BCUT2D eigenvalue weighted by atomic mass is 9.93. The van der Waals surface area contributed by atoms with E-state index in [1.165, 1.54) is 24.8 Å². The van der Waals surface area contributed by atoms with E-state index >= 15 is 0 Å². The number of amides is 1. The summed E-state index contributed by atoms with van der Waals surface area (Å²) in [4.78, 5) is 15.5.